The highest BCUT2D eigenvalue weighted by molar-refractivity contribution is 6.36. The number of benzene rings is 1. The second kappa shape index (κ2) is 10.0. The molecule has 1 unspecified atom stereocenters. The number of carbonyl (C=O) groups excluding carboxylic acids is 2. The molecule has 1 spiro atoms. The third-order valence-electron chi connectivity index (χ3n) is 8.83. The van der Waals surface area contributed by atoms with Gasteiger partial charge in [0.25, 0.3) is 5.91 Å². The van der Waals surface area contributed by atoms with E-state index in [2.05, 4.69) is 70.5 Å². The zero-order chi connectivity index (χ0) is 25.3. The van der Waals surface area contributed by atoms with E-state index in [-0.39, 0.29) is 29.4 Å². The van der Waals surface area contributed by atoms with Crippen molar-refractivity contribution in [1.82, 2.24) is 26.0 Å². The smallest absolute Gasteiger partial charge is 0.291 e. The van der Waals surface area contributed by atoms with E-state index in [1.54, 1.807) is 11.2 Å². The lowest BCUT2D eigenvalue weighted by Crippen LogP contribution is -2.54. The molecule has 2 saturated carbocycles. The van der Waals surface area contributed by atoms with Gasteiger partial charge in [0.05, 0.1) is 24.4 Å². The molecule has 4 aliphatic rings. The van der Waals surface area contributed by atoms with Gasteiger partial charge in [-0.2, -0.15) is 0 Å². The topological polar surface area (TPSA) is 109 Å². The van der Waals surface area contributed by atoms with Crippen LogP contribution in [0.5, 0.6) is 0 Å². The molecule has 1 aromatic rings. The molecule has 0 radical (unpaired) electrons. The van der Waals surface area contributed by atoms with Gasteiger partial charge < -0.3 is 15.3 Å². The first-order chi connectivity index (χ1) is 17.3. The standard InChI is InChI=1S/C27H38N6O3/c1-32(2)27(20-9-4-3-5-10-20)13-11-26(12-14-27)16-23(30-31-26)33-18-28-17-21(25(33)36)29-24(35)22(34)15-19-7-6-8-19/h3-5,9-10,17-19,23,25,30-31,36H,6-8,11-16H2,1-2H3,(H,29,35)/t23-,25?,26?,27?/m1/s1. The van der Waals surface area contributed by atoms with Crippen molar-refractivity contribution in [3.8, 4) is 0 Å². The largest absolute Gasteiger partial charge is 0.368 e. The molecule has 0 bridgehead atoms. The first kappa shape index (κ1) is 25.1. The molecule has 5 rings (SSSR count). The van der Waals surface area contributed by atoms with Gasteiger partial charge in [-0.25, -0.2) is 15.8 Å². The lowest BCUT2D eigenvalue weighted by Gasteiger charge is -2.49. The van der Waals surface area contributed by atoms with Crippen molar-refractivity contribution in [2.24, 2.45) is 10.9 Å². The van der Waals surface area contributed by atoms with Gasteiger partial charge in [0.15, 0.2) is 6.23 Å². The number of aliphatic hydroxyl groups is 1. The van der Waals surface area contributed by atoms with Crippen LogP contribution in [0.2, 0.25) is 0 Å². The number of nitrogens with one attached hydrogen (secondary N) is 3. The molecule has 3 fully saturated rings. The Morgan fingerprint density at radius 2 is 1.89 bits per heavy atom. The van der Waals surface area contributed by atoms with Gasteiger partial charge in [-0.05, 0) is 64.1 Å². The van der Waals surface area contributed by atoms with Crippen molar-refractivity contribution in [3.63, 3.8) is 0 Å². The quantitative estimate of drug-likeness (QED) is 0.429. The number of aliphatic imine (C=N–C) groups is 1. The molecule has 1 aromatic carbocycles. The number of nitrogens with zero attached hydrogens (tertiary/aromatic N) is 3. The van der Waals surface area contributed by atoms with Crippen LogP contribution in [0.25, 0.3) is 0 Å². The molecular weight excluding hydrogens is 456 g/mol. The number of ketones is 1. The molecule has 1 amide bonds. The van der Waals surface area contributed by atoms with Crippen molar-refractivity contribution in [1.29, 1.82) is 0 Å². The molecule has 9 heteroatoms. The van der Waals surface area contributed by atoms with Crippen molar-refractivity contribution in [2.45, 2.75) is 81.3 Å². The minimum Gasteiger partial charge on any atom is -0.368 e. The SMILES string of the molecule is CN(C)C1(c2ccccc2)CCC2(CC1)C[C@@H](N1C=NC=C(NC(=O)C(=O)CC3CCC3)C1O)NN2. The van der Waals surface area contributed by atoms with Crippen LogP contribution in [-0.4, -0.2) is 65.0 Å². The van der Waals surface area contributed by atoms with E-state index in [9.17, 15) is 14.7 Å². The van der Waals surface area contributed by atoms with Gasteiger partial charge in [0, 0.05) is 23.9 Å². The van der Waals surface area contributed by atoms with E-state index in [0.717, 1.165) is 51.4 Å². The molecule has 2 heterocycles. The Kier molecular flexibility index (Phi) is 7.00. The van der Waals surface area contributed by atoms with Crippen LogP contribution in [0.4, 0.5) is 0 Å². The Morgan fingerprint density at radius 1 is 1.17 bits per heavy atom. The number of hydrogen-bond donors (Lipinski definition) is 4. The summed E-state index contributed by atoms with van der Waals surface area (Å²) in [6.07, 6.45) is 9.93. The second-order valence-corrected chi connectivity index (χ2v) is 11.1. The fourth-order valence-electron chi connectivity index (χ4n) is 6.18. The predicted octanol–water partition coefficient (Wildman–Crippen LogP) is 1.96. The summed E-state index contributed by atoms with van der Waals surface area (Å²) in [7, 11) is 4.32. The highest BCUT2D eigenvalue weighted by Crippen LogP contribution is 2.47. The van der Waals surface area contributed by atoms with Crippen LogP contribution in [0, 0.1) is 5.92 Å². The molecule has 194 valence electrons. The van der Waals surface area contributed by atoms with Crippen molar-refractivity contribution >= 4 is 18.0 Å². The predicted molar refractivity (Wildman–Crippen MR) is 137 cm³/mol. The van der Waals surface area contributed by atoms with Crippen LogP contribution in [0.15, 0.2) is 47.2 Å². The molecule has 9 nitrogen and oxygen atoms in total. The van der Waals surface area contributed by atoms with Crippen LogP contribution < -0.4 is 16.2 Å². The Labute approximate surface area is 213 Å². The number of Topliss-reactive ketones (excluding diaryl/α,β-unsaturated/α-hetero) is 1. The molecular formula is C27H38N6O3. The Bertz CT molecular complexity index is 1030. The van der Waals surface area contributed by atoms with E-state index in [1.807, 2.05) is 0 Å². The minimum absolute atomic E-state index is 0.00454. The van der Waals surface area contributed by atoms with Crippen LogP contribution in [0.3, 0.4) is 0 Å². The summed E-state index contributed by atoms with van der Waals surface area (Å²) in [5.74, 6) is -0.790. The van der Waals surface area contributed by atoms with Gasteiger partial charge in [0.1, 0.15) is 0 Å². The molecule has 2 aliphatic carbocycles. The number of carbonyl (C=O) groups is 2. The summed E-state index contributed by atoms with van der Waals surface area (Å²) >= 11 is 0. The first-order valence-electron chi connectivity index (χ1n) is 13.1. The van der Waals surface area contributed by atoms with E-state index in [1.165, 1.54) is 11.8 Å². The van der Waals surface area contributed by atoms with Gasteiger partial charge in [-0.3, -0.25) is 14.5 Å². The zero-order valence-electron chi connectivity index (χ0n) is 21.2. The monoisotopic (exact) mass is 494 g/mol. The molecule has 2 atom stereocenters. The average Bonchev–Trinajstić information content (AvgIpc) is 3.27. The highest BCUT2D eigenvalue weighted by Gasteiger charge is 2.49. The second-order valence-electron chi connectivity index (χ2n) is 11.1. The summed E-state index contributed by atoms with van der Waals surface area (Å²) in [4.78, 5) is 33.0. The van der Waals surface area contributed by atoms with Gasteiger partial charge in [-0.1, -0.05) is 36.8 Å². The normalized spacial score (nSPS) is 32.4. The van der Waals surface area contributed by atoms with Gasteiger partial charge in [0.2, 0.25) is 5.78 Å². The number of amides is 1. The molecule has 2 aliphatic heterocycles. The van der Waals surface area contributed by atoms with Crippen LogP contribution in [0.1, 0.15) is 63.4 Å². The van der Waals surface area contributed by atoms with Crippen LogP contribution >= 0.6 is 0 Å². The fourth-order valence-corrected chi connectivity index (χ4v) is 6.18. The third-order valence-corrected chi connectivity index (χ3v) is 8.83. The Hall–Kier alpha value is -2.59. The van der Waals surface area contributed by atoms with Crippen LogP contribution in [-0.2, 0) is 15.1 Å². The molecule has 4 N–H and O–H groups in total. The lowest BCUT2D eigenvalue weighted by atomic mass is 9.68. The summed E-state index contributed by atoms with van der Waals surface area (Å²) in [5, 5.41) is 13.6. The van der Waals surface area contributed by atoms with E-state index < -0.39 is 17.9 Å². The zero-order valence-corrected chi connectivity index (χ0v) is 21.2. The maximum atomic E-state index is 12.4. The van der Waals surface area contributed by atoms with E-state index in [4.69, 9.17) is 0 Å². The van der Waals surface area contributed by atoms with Crippen molar-refractivity contribution in [2.75, 3.05) is 14.1 Å². The highest BCUT2D eigenvalue weighted by atomic mass is 16.3. The fraction of sp³-hybridized carbons (Fsp3) is 0.593. The average molecular weight is 495 g/mol. The van der Waals surface area contributed by atoms with E-state index >= 15 is 0 Å². The maximum absolute atomic E-state index is 12.4. The van der Waals surface area contributed by atoms with Gasteiger partial charge in [-0.15, -0.1) is 0 Å². The Balaban J connectivity index is 1.20. The summed E-state index contributed by atoms with van der Waals surface area (Å²) < 4.78 is 0. The molecule has 0 aromatic heterocycles. The van der Waals surface area contributed by atoms with Gasteiger partial charge >= 0.3 is 0 Å². The van der Waals surface area contributed by atoms with Crippen molar-refractivity contribution < 1.29 is 14.7 Å². The molecule has 1 saturated heterocycles. The summed E-state index contributed by atoms with van der Waals surface area (Å²) in [6, 6.07) is 10.7. The Morgan fingerprint density at radius 3 is 2.53 bits per heavy atom. The lowest BCUT2D eigenvalue weighted by molar-refractivity contribution is -0.138. The first-order valence-corrected chi connectivity index (χ1v) is 13.1. The van der Waals surface area contributed by atoms with E-state index in [0.29, 0.717) is 5.92 Å². The minimum atomic E-state index is -1.09. The summed E-state index contributed by atoms with van der Waals surface area (Å²) in [6.45, 7) is 0. The summed E-state index contributed by atoms with van der Waals surface area (Å²) in [5.41, 5.74) is 8.38. The maximum Gasteiger partial charge on any atom is 0.291 e. The molecule has 36 heavy (non-hydrogen) atoms. The number of rotatable bonds is 7. The number of hydrogen-bond acceptors (Lipinski definition) is 8. The number of hydrazine groups is 1. The third kappa shape index (κ3) is 4.72. The van der Waals surface area contributed by atoms with Crippen molar-refractivity contribution in [3.05, 3.63) is 47.8 Å². The number of aliphatic hydroxyl groups excluding tert-OH is 1.